The fraction of sp³-hybridized carbons (Fsp3) is 0.972. The third-order valence-electron chi connectivity index (χ3n) is 8.05. The number of rotatable bonds is 39. The van der Waals surface area contributed by atoms with Gasteiger partial charge in [0.15, 0.2) is 8.32 Å². The first-order valence-corrected chi connectivity index (χ1v) is 21.6. The van der Waals surface area contributed by atoms with Crippen molar-refractivity contribution < 1.29 is 61.3 Å². The Bertz CT molecular complexity index is 725. The quantitative estimate of drug-likeness (QED) is 0.0480. The zero-order valence-corrected chi connectivity index (χ0v) is 33.8. The molecule has 0 radical (unpaired) electrons. The highest BCUT2D eigenvalue weighted by atomic mass is 28.4. The van der Waals surface area contributed by atoms with Gasteiger partial charge in [0.05, 0.1) is 145 Å². The summed E-state index contributed by atoms with van der Waals surface area (Å²) in [6.07, 6.45) is 3.84. The molecule has 0 rings (SSSR count). The number of unbranched alkanes of at least 4 members (excludes halogenated alkanes) is 1. The van der Waals surface area contributed by atoms with Crippen LogP contribution in [0.4, 0.5) is 0 Å². The van der Waals surface area contributed by atoms with Gasteiger partial charge >= 0.3 is 5.97 Å². The minimum Gasteiger partial charge on any atom is -0.463 e. The van der Waals surface area contributed by atoms with Crippen LogP contribution in [0.1, 0.15) is 60.3 Å². The Labute approximate surface area is 305 Å². The molecule has 0 aliphatic carbocycles. The molecule has 0 aromatic carbocycles. The summed E-state index contributed by atoms with van der Waals surface area (Å²) in [6, 6.07) is 0. The third kappa shape index (κ3) is 31.9. The molecule has 0 heterocycles. The van der Waals surface area contributed by atoms with Crippen LogP contribution in [0, 0.1) is 5.92 Å². The Morgan fingerprint density at radius 1 is 0.480 bits per heavy atom. The molecule has 0 aromatic heterocycles. The van der Waals surface area contributed by atoms with E-state index in [0.29, 0.717) is 139 Å². The summed E-state index contributed by atoms with van der Waals surface area (Å²) in [7, 11) is -1.70. The van der Waals surface area contributed by atoms with E-state index in [1.54, 1.807) is 0 Å². The number of carbonyl (C=O) groups is 1. The van der Waals surface area contributed by atoms with Crippen LogP contribution >= 0.6 is 0 Å². The van der Waals surface area contributed by atoms with Crippen LogP contribution in [0.3, 0.4) is 0 Å². The average molecular weight is 743 g/mol. The molecule has 300 valence electrons. The van der Waals surface area contributed by atoms with Crippen LogP contribution in [-0.4, -0.2) is 160 Å². The third-order valence-corrected chi connectivity index (χ3v) is 12.6. The summed E-state index contributed by atoms with van der Waals surface area (Å²) in [4.78, 5) is 12.0. The van der Waals surface area contributed by atoms with Crippen molar-refractivity contribution in [3.05, 3.63) is 0 Å². The van der Waals surface area contributed by atoms with Crippen LogP contribution in [0.5, 0.6) is 0 Å². The van der Waals surface area contributed by atoms with Crippen molar-refractivity contribution in [1.29, 1.82) is 0 Å². The first-order valence-electron chi connectivity index (χ1n) is 18.7. The van der Waals surface area contributed by atoms with Crippen molar-refractivity contribution in [3.8, 4) is 0 Å². The molecule has 50 heavy (non-hydrogen) atoms. The zero-order chi connectivity index (χ0) is 37.0. The van der Waals surface area contributed by atoms with Gasteiger partial charge in [-0.3, -0.25) is 4.79 Å². The van der Waals surface area contributed by atoms with Crippen molar-refractivity contribution >= 4 is 14.3 Å². The molecule has 0 aromatic rings. The lowest BCUT2D eigenvalue weighted by Crippen LogP contribution is -2.41. The predicted molar refractivity (Wildman–Crippen MR) is 196 cm³/mol. The Balaban J connectivity index is 3.20. The average Bonchev–Trinajstić information content (AvgIpc) is 3.08. The fourth-order valence-corrected chi connectivity index (χ4v) is 4.94. The molecule has 0 amide bonds. The molecule has 1 atom stereocenters. The van der Waals surface area contributed by atoms with Crippen LogP contribution in [0.15, 0.2) is 0 Å². The lowest BCUT2D eigenvalue weighted by molar-refractivity contribution is -0.150. The van der Waals surface area contributed by atoms with Gasteiger partial charge in [0.2, 0.25) is 0 Å². The molecule has 1 unspecified atom stereocenters. The maximum absolute atomic E-state index is 12.0. The number of carbonyl (C=O) groups excluding carboxylic acids is 1. The van der Waals surface area contributed by atoms with E-state index < -0.39 is 8.32 Å². The largest absolute Gasteiger partial charge is 0.463 e. The van der Waals surface area contributed by atoms with Gasteiger partial charge in [-0.15, -0.1) is 0 Å². The van der Waals surface area contributed by atoms with Gasteiger partial charge in [0.1, 0.15) is 6.61 Å². The second kappa shape index (κ2) is 35.3. The van der Waals surface area contributed by atoms with Gasteiger partial charge < -0.3 is 56.5 Å². The smallest absolute Gasteiger partial charge is 0.308 e. The summed E-state index contributed by atoms with van der Waals surface area (Å²) < 4.78 is 66.4. The van der Waals surface area contributed by atoms with Crippen LogP contribution in [0.25, 0.3) is 0 Å². The highest BCUT2D eigenvalue weighted by Gasteiger charge is 2.36. The summed E-state index contributed by atoms with van der Waals surface area (Å²) in [5, 5.41) is 0.214. The fourth-order valence-electron chi connectivity index (χ4n) is 3.91. The van der Waals surface area contributed by atoms with E-state index in [-0.39, 0.29) is 23.5 Å². The standard InChI is InChI=1S/C36H74O13Si/c1-8-10-11-34(9-2)35(37)48-32-30-46-28-26-44-24-22-42-20-18-40-16-14-38-12-13-39-15-17-41-19-21-43-23-25-45-27-29-47-31-33-49-50(6,7)36(3,4)5/h34H,8-33H2,1-7H3. The lowest BCUT2D eigenvalue weighted by Gasteiger charge is -2.36. The van der Waals surface area contributed by atoms with E-state index in [0.717, 1.165) is 25.7 Å². The Morgan fingerprint density at radius 2 is 0.760 bits per heavy atom. The summed E-state index contributed by atoms with van der Waals surface area (Å²) in [5.41, 5.74) is 0. The van der Waals surface area contributed by atoms with Gasteiger partial charge in [-0.05, 0) is 31.0 Å². The normalized spacial score (nSPS) is 12.9. The van der Waals surface area contributed by atoms with Gasteiger partial charge in [-0.1, -0.05) is 47.5 Å². The second-order valence-corrected chi connectivity index (χ2v) is 18.0. The van der Waals surface area contributed by atoms with Crippen molar-refractivity contribution in [3.63, 3.8) is 0 Å². The van der Waals surface area contributed by atoms with E-state index in [1.165, 1.54) is 0 Å². The second-order valence-electron chi connectivity index (χ2n) is 13.1. The molecular formula is C36H74O13Si. The van der Waals surface area contributed by atoms with Crippen molar-refractivity contribution in [2.24, 2.45) is 5.92 Å². The number of hydrogen-bond acceptors (Lipinski definition) is 13. The van der Waals surface area contributed by atoms with E-state index in [1.807, 2.05) is 6.92 Å². The van der Waals surface area contributed by atoms with E-state index in [4.69, 9.17) is 56.5 Å². The molecule has 0 spiro atoms. The van der Waals surface area contributed by atoms with Crippen LogP contribution < -0.4 is 0 Å². The first kappa shape index (κ1) is 49.2. The van der Waals surface area contributed by atoms with Crippen molar-refractivity contribution in [2.45, 2.75) is 78.4 Å². The molecule has 0 saturated heterocycles. The SMILES string of the molecule is CCCCC(CC)C(=O)OCCOCCOCCOCCOCCOCCOCCOCCOCCOCCOCCO[Si](C)(C)C(C)(C)C. The predicted octanol–water partition coefficient (Wildman–Crippen LogP) is 4.93. The maximum Gasteiger partial charge on any atom is 0.308 e. The molecule has 0 N–H and O–H groups in total. The number of esters is 1. The van der Waals surface area contributed by atoms with Gasteiger partial charge in [0, 0.05) is 0 Å². The van der Waals surface area contributed by atoms with Crippen LogP contribution in [0.2, 0.25) is 18.1 Å². The molecule has 0 saturated carbocycles. The summed E-state index contributed by atoms with van der Waals surface area (Å²) in [6.45, 7) is 26.3. The summed E-state index contributed by atoms with van der Waals surface area (Å²) >= 11 is 0. The molecule has 14 heteroatoms. The van der Waals surface area contributed by atoms with E-state index in [9.17, 15) is 4.79 Å². The molecule has 0 bridgehead atoms. The highest BCUT2D eigenvalue weighted by molar-refractivity contribution is 6.74. The Kier molecular flexibility index (Phi) is 34.8. The van der Waals surface area contributed by atoms with Crippen LogP contribution in [-0.2, 0) is 61.3 Å². The summed E-state index contributed by atoms with van der Waals surface area (Å²) in [5.74, 6) is -0.123. The van der Waals surface area contributed by atoms with Gasteiger partial charge in [0.25, 0.3) is 0 Å². The monoisotopic (exact) mass is 742 g/mol. The van der Waals surface area contributed by atoms with Gasteiger partial charge in [-0.25, -0.2) is 0 Å². The molecule has 0 aliphatic rings. The molecule has 0 fully saturated rings. The lowest BCUT2D eigenvalue weighted by atomic mass is 10.00. The number of hydrogen-bond donors (Lipinski definition) is 0. The Hall–Kier alpha value is -0.753. The first-order chi connectivity index (χ1) is 24.2. The zero-order valence-electron chi connectivity index (χ0n) is 32.8. The molecular weight excluding hydrogens is 668 g/mol. The minimum atomic E-state index is -1.70. The minimum absolute atomic E-state index is 0.00338. The number of ether oxygens (including phenoxy) is 11. The maximum atomic E-state index is 12.0. The highest BCUT2D eigenvalue weighted by Crippen LogP contribution is 2.36. The van der Waals surface area contributed by atoms with Gasteiger partial charge in [-0.2, -0.15) is 0 Å². The van der Waals surface area contributed by atoms with Crippen molar-refractivity contribution in [1.82, 2.24) is 0 Å². The van der Waals surface area contributed by atoms with Crippen molar-refractivity contribution in [2.75, 3.05) is 145 Å². The van der Waals surface area contributed by atoms with E-state index >= 15 is 0 Å². The molecule has 0 aliphatic heterocycles. The van der Waals surface area contributed by atoms with E-state index in [2.05, 4.69) is 40.8 Å². The molecule has 13 nitrogen and oxygen atoms in total. The Morgan fingerprint density at radius 3 is 1.02 bits per heavy atom. The topological polar surface area (TPSA) is 128 Å².